The predicted octanol–water partition coefficient (Wildman–Crippen LogP) is 0.332. The predicted molar refractivity (Wildman–Crippen MR) is 72.8 cm³/mol. The van der Waals surface area contributed by atoms with Crippen LogP contribution in [0.25, 0.3) is 0 Å². The molecule has 106 valence electrons. The van der Waals surface area contributed by atoms with E-state index in [4.69, 9.17) is 10.6 Å². The Morgan fingerprint density at radius 1 is 1.26 bits per heavy atom. The third-order valence-corrected chi connectivity index (χ3v) is 3.53. The number of hydrazine groups is 1. The Bertz CT molecular complexity index is 446. The summed E-state index contributed by atoms with van der Waals surface area (Å²) in [7, 11) is 0. The van der Waals surface area contributed by atoms with Crippen molar-refractivity contribution >= 4 is 11.6 Å². The molecular weight excluding hydrogens is 246 g/mol. The van der Waals surface area contributed by atoms with E-state index >= 15 is 0 Å². The maximum atomic E-state index is 9.69. The molecule has 1 aromatic rings. The summed E-state index contributed by atoms with van der Waals surface area (Å²) in [6.45, 7) is 5.02. The maximum Gasteiger partial charge on any atom is 0.148 e. The summed E-state index contributed by atoms with van der Waals surface area (Å²) in [5.41, 5.74) is 3.03. The second-order valence-electron chi connectivity index (χ2n) is 4.91. The van der Waals surface area contributed by atoms with Gasteiger partial charge in [-0.15, -0.1) is 0 Å². The van der Waals surface area contributed by atoms with E-state index in [2.05, 4.69) is 20.7 Å². The van der Waals surface area contributed by atoms with Crippen molar-refractivity contribution in [1.82, 2.24) is 9.97 Å². The van der Waals surface area contributed by atoms with Gasteiger partial charge in [-0.25, -0.2) is 15.8 Å². The van der Waals surface area contributed by atoms with Crippen molar-refractivity contribution in [2.45, 2.75) is 32.2 Å². The minimum Gasteiger partial charge on any atom is -0.394 e. The smallest absolute Gasteiger partial charge is 0.148 e. The van der Waals surface area contributed by atoms with Crippen LogP contribution < -0.4 is 16.6 Å². The van der Waals surface area contributed by atoms with Crippen LogP contribution in [0.2, 0.25) is 0 Å². The lowest BCUT2D eigenvalue weighted by Gasteiger charge is -2.37. The third-order valence-electron chi connectivity index (χ3n) is 3.53. The van der Waals surface area contributed by atoms with Crippen molar-refractivity contribution in [3.63, 3.8) is 0 Å². The normalized spacial score (nSPS) is 18.1. The van der Waals surface area contributed by atoms with Crippen molar-refractivity contribution in [3.8, 4) is 0 Å². The van der Waals surface area contributed by atoms with Crippen molar-refractivity contribution in [3.05, 3.63) is 11.4 Å². The Kier molecular flexibility index (Phi) is 4.18. The van der Waals surface area contributed by atoms with E-state index in [-0.39, 0.29) is 12.1 Å². The minimum atomic E-state index is -0.379. The molecule has 2 heterocycles. The van der Waals surface area contributed by atoms with E-state index in [0.29, 0.717) is 30.7 Å². The van der Waals surface area contributed by atoms with Gasteiger partial charge >= 0.3 is 0 Å². The van der Waals surface area contributed by atoms with Crippen molar-refractivity contribution in [2.24, 2.45) is 5.84 Å². The molecule has 0 spiro atoms. The summed E-state index contributed by atoms with van der Waals surface area (Å²) in [6, 6.07) is 0. The quantitative estimate of drug-likeness (QED) is 0.460. The molecule has 1 aromatic heterocycles. The zero-order chi connectivity index (χ0) is 13.9. The number of nitrogen functional groups attached to an aromatic ring is 1. The number of aliphatic hydroxyl groups excluding tert-OH is 1. The molecule has 1 aliphatic rings. The highest BCUT2D eigenvalue weighted by Crippen LogP contribution is 2.28. The van der Waals surface area contributed by atoms with Crippen LogP contribution in [0.5, 0.6) is 0 Å². The van der Waals surface area contributed by atoms with Gasteiger partial charge in [0.2, 0.25) is 0 Å². The van der Waals surface area contributed by atoms with Gasteiger partial charge < -0.3 is 20.6 Å². The SMILES string of the molecule is Cc1nc(NN)c(C)c(NC2(CO)CCOCC2)n1. The second-order valence-corrected chi connectivity index (χ2v) is 4.91. The zero-order valence-corrected chi connectivity index (χ0v) is 11.4. The molecule has 7 nitrogen and oxygen atoms in total. The number of rotatable bonds is 4. The molecule has 0 aliphatic carbocycles. The van der Waals surface area contributed by atoms with Gasteiger partial charge in [-0.1, -0.05) is 0 Å². The van der Waals surface area contributed by atoms with Crippen LogP contribution in [0.4, 0.5) is 11.6 Å². The summed E-state index contributed by atoms with van der Waals surface area (Å²) >= 11 is 0. The number of hydrogen-bond acceptors (Lipinski definition) is 7. The van der Waals surface area contributed by atoms with Gasteiger partial charge in [0.1, 0.15) is 17.5 Å². The first kappa shape index (κ1) is 14.0. The average molecular weight is 267 g/mol. The molecule has 0 bridgehead atoms. The maximum absolute atomic E-state index is 9.69. The Balaban J connectivity index is 2.28. The van der Waals surface area contributed by atoms with Crippen LogP contribution in [0, 0.1) is 13.8 Å². The van der Waals surface area contributed by atoms with Gasteiger partial charge in [0.25, 0.3) is 0 Å². The molecule has 7 heteroatoms. The third kappa shape index (κ3) is 2.94. The molecule has 19 heavy (non-hydrogen) atoms. The standard InChI is InChI=1S/C12H21N5O2/c1-8-10(14-9(2)15-11(8)17-13)16-12(7-18)3-5-19-6-4-12/h18H,3-7,13H2,1-2H3,(H2,14,15,16,17). The number of nitrogens with zero attached hydrogens (tertiary/aromatic N) is 2. The fourth-order valence-electron chi connectivity index (χ4n) is 2.23. The Hall–Kier alpha value is -1.44. The molecule has 0 atom stereocenters. The molecule has 1 aliphatic heterocycles. The summed E-state index contributed by atoms with van der Waals surface area (Å²) in [6.07, 6.45) is 1.49. The van der Waals surface area contributed by atoms with Gasteiger partial charge in [0.15, 0.2) is 0 Å². The zero-order valence-electron chi connectivity index (χ0n) is 11.4. The number of ether oxygens (including phenoxy) is 1. The van der Waals surface area contributed by atoms with E-state index in [1.54, 1.807) is 6.92 Å². The summed E-state index contributed by atoms with van der Waals surface area (Å²) in [4.78, 5) is 8.62. The van der Waals surface area contributed by atoms with Gasteiger partial charge in [0, 0.05) is 18.8 Å². The fourth-order valence-corrected chi connectivity index (χ4v) is 2.23. The van der Waals surface area contributed by atoms with Crippen LogP contribution in [0.1, 0.15) is 24.2 Å². The molecule has 2 rings (SSSR count). The Morgan fingerprint density at radius 3 is 2.47 bits per heavy atom. The van der Waals surface area contributed by atoms with Crippen LogP contribution >= 0.6 is 0 Å². The number of nitrogens with two attached hydrogens (primary N) is 1. The van der Waals surface area contributed by atoms with Crippen LogP contribution in [0.15, 0.2) is 0 Å². The molecule has 0 unspecified atom stereocenters. The molecule has 0 amide bonds. The Labute approximate surface area is 112 Å². The van der Waals surface area contributed by atoms with E-state index in [1.165, 1.54) is 0 Å². The molecule has 0 aromatic carbocycles. The minimum absolute atomic E-state index is 0.0459. The topological polar surface area (TPSA) is 105 Å². The van der Waals surface area contributed by atoms with Gasteiger partial charge in [-0.2, -0.15) is 0 Å². The molecule has 1 fully saturated rings. The molecule has 0 radical (unpaired) electrons. The number of aryl methyl sites for hydroxylation is 1. The van der Waals surface area contributed by atoms with Crippen molar-refractivity contribution in [1.29, 1.82) is 0 Å². The van der Waals surface area contributed by atoms with Gasteiger partial charge in [0.05, 0.1) is 12.1 Å². The number of aromatic nitrogens is 2. The first-order valence-electron chi connectivity index (χ1n) is 6.39. The lowest BCUT2D eigenvalue weighted by atomic mass is 9.91. The summed E-state index contributed by atoms with van der Waals surface area (Å²) in [5.74, 6) is 7.37. The summed E-state index contributed by atoms with van der Waals surface area (Å²) < 4.78 is 5.35. The number of hydrogen-bond donors (Lipinski definition) is 4. The average Bonchev–Trinajstić information content (AvgIpc) is 2.43. The molecule has 1 saturated heterocycles. The highest BCUT2D eigenvalue weighted by Gasteiger charge is 2.33. The van der Waals surface area contributed by atoms with Crippen molar-refractivity contribution < 1.29 is 9.84 Å². The molecular formula is C12H21N5O2. The lowest BCUT2D eigenvalue weighted by Crippen LogP contribution is -2.47. The van der Waals surface area contributed by atoms with E-state index in [9.17, 15) is 5.11 Å². The van der Waals surface area contributed by atoms with Crippen LogP contribution in [0.3, 0.4) is 0 Å². The number of nitrogens with one attached hydrogen (secondary N) is 2. The molecule has 0 saturated carbocycles. The highest BCUT2D eigenvalue weighted by molar-refractivity contribution is 5.57. The van der Waals surface area contributed by atoms with E-state index in [0.717, 1.165) is 18.4 Å². The van der Waals surface area contributed by atoms with Crippen LogP contribution in [-0.2, 0) is 4.74 Å². The lowest BCUT2D eigenvalue weighted by molar-refractivity contribution is 0.0378. The van der Waals surface area contributed by atoms with E-state index in [1.807, 2.05) is 6.92 Å². The number of aliphatic hydroxyl groups is 1. The van der Waals surface area contributed by atoms with E-state index < -0.39 is 0 Å². The first-order valence-corrected chi connectivity index (χ1v) is 6.39. The first-order chi connectivity index (χ1) is 9.10. The number of anilines is 2. The van der Waals surface area contributed by atoms with Crippen LogP contribution in [-0.4, -0.2) is 40.4 Å². The van der Waals surface area contributed by atoms with Crippen molar-refractivity contribution in [2.75, 3.05) is 30.6 Å². The van der Waals surface area contributed by atoms with Gasteiger partial charge in [-0.3, -0.25) is 0 Å². The summed E-state index contributed by atoms with van der Waals surface area (Å²) in [5, 5.41) is 13.0. The fraction of sp³-hybridized carbons (Fsp3) is 0.667. The largest absolute Gasteiger partial charge is 0.394 e. The van der Waals surface area contributed by atoms with Gasteiger partial charge in [-0.05, 0) is 26.7 Å². The second kappa shape index (κ2) is 5.68. The monoisotopic (exact) mass is 267 g/mol. The highest BCUT2D eigenvalue weighted by atomic mass is 16.5. The Morgan fingerprint density at radius 2 is 1.89 bits per heavy atom. The molecule has 5 N–H and O–H groups in total.